The van der Waals surface area contributed by atoms with Gasteiger partial charge in [-0.05, 0) is 26.7 Å². The lowest BCUT2D eigenvalue weighted by Crippen LogP contribution is -2.46. The second-order valence-corrected chi connectivity index (χ2v) is 5.04. The van der Waals surface area contributed by atoms with Gasteiger partial charge >= 0.3 is 0 Å². The van der Waals surface area contributed by atoms with Gasteiger partial charge in [0, 0.05) is 19.7 Å². The molecule has 3 heteroatoms. The van der Waals surface area contributed by atoms with E-state index in [0.717, 1.165) is 13.0 Å². The maximum atomic E-state index is 8.93. The lowest BCUT2D eigenvalue weighted by molar-refractivity contribution is 0.0399. The molecule has 1 rings (SSSR count). The number of nitriles is 1. The summed E-state index contributed by atoms with van der Waals surface area (Å²) in [5.41, 5.74) is -0.282. The third-order valence-electron chi connectivity index (χ3n) is 3.11. The minimum absolute atomic E-state index is 0.282. The van der Waals surface area contributed by atoms with Gasteiger partial charge in [-0.25, -0.2) is 0 Å². The molecule has 0 amide bonds. The van der Waals surface area contributed by atoms with E-state index < -0.39 is 0 Å². The Hall–Kier alpha value is -0.590. The van der Waals surface area contributed by atoms with Crippen LogP contribution in [0.2, 0.25) is 0 Å². The van der Waals surface area contributed by atoms with Crippen LogP contribution in [0.15, 0.2) is 0 Å². The predicted molar refractivity (Wildman–Crippen MR) is 60.4 cm³/mol. The van der Waals surface area contributed by atoms with Gasteiger partial charge in [0.15, 0.2) is 0 Å². The Labute approximate surface area is 92.8 Å². The molecule has 1 fully saturated rings. The molecule has 1 saturated carbocycles. The molecule has 15 heavy (non-hydrogen) atoms. The van der Waals surface area contributed by atoms with E-state index in [1.165, 1.54) is 19.3 Å². The van der Waals surface area contributed by atoms with Crippen LogP contribution in [-0.2, 0) is 4.74 Å². The number of hydrogen-bond acceptors (Lipinski definition) is 3. The van der Waals surface area contributed by atoms with Gasteiger partial charge < -0.3 is 10.1 Å². The van der Waals surface area contributed by atoms with Crippen LogP contribution in [0.4, 0.5) is 0 Å². The Morgan fingerprint density at radius 2 is 2.07 bits per heavy atom. The zero-order valence-electron chi connectivity index (χ0n) is 10.0. The number of nitrogens with zero attached hydrogens (tertiary/aromatic N) is 1. The van der Waals surface area contributed by atoms with Gasteiger partial charge in [0.25, 0.3) is 0 Å². The van der Waals surface area contributed by atoms with E-state index in [2.05, 4.69) is 11.4 Å². The van der Waals surface area contributed by atoms with Gasteiger partial charge in [-0.2, -0.15) is 5.26 Å². The molecular weight excluding hydrogens is 188 g/mol. The summed E-state index contributed by atoms with van der Waals surface area (Å²) in [6, 6.07) is 2.74. The Balaban J connectivity index is 2.39. The van der Waals surface area contributed by atoms with Crippen molar-refractivity contribution >= 4 is 0 Å². The summed E-state index contributed by atoms with van der Waals surface area (Å²) in [6.07, 6.45) is 5.16. The molecule has 0 heterocycles. The van der Waals surface area contributed by atoms with Gasteiger partial charge in [-0.15, -0.1) is 0 Å². The van der Waals surface area contributed by atoms with Gasteiger partial charge in [-0.1, -0.05) is 12.8 Å². The molecule has 0 bridgehead atoms. The molecule has 0 aromatic rings. The third-order valence-corrected chi connectivity index (χ3v) is 3.11. The van der Waals surface area contributed by atoms with Crippen LogP contribution in [0.3, 0.4) is 0 Å². The van der Waals surface area contributed by atoms with Crippen molar-refractivity contribution in [3.05, 3.63) is 0 Å². The number of nitrogens with one attached hydrogen (secondary N) is 1. The Morgan fingerprint density at radius 1 is 1.40 bits per heavy atom. The van der Waals surface area contributed by atoms with Gasteiger partial charge in [0.05, 0.1) is 17.6 Å². The molecule has 0 aliphatic heterocycles. The van der Waals surface area contributed by atoms with Crippen molar-refractivity contribution < 1.29 is 4.74 Å². The summed E-state index contributed by atoms with van der Waals surface area (Å²) in [5, 5.41) is 12.4. The van der Waals surface area contributed by atoms with E-state index in [0.29, 0.717) is 12.1 Å². The molecule has 0 radical (unpaired) electrons. The first-order chi connectivity index (χ1) is 7.09. The topological polar surface area (TPSA) is 45.0 Å². The normalized spacial score (nSPS) is 27.3. The molecule has 86 valence electrons. The number of ether oxygens (including phenoxy) is 1. The molecule has 1 N–H and O–H groups in total. The largest absolute Gasteiger partial charge is 0.380 e. The Bertz CT molecular complexity index is 232. The maximum Gasteiger partial charge on any atom is 0.0724 e. The third kappa shape index (κ3) is 3.81. The quantitative estimate of drug-likeness (QED) is 0.772. The summed E-state index contributed by atoms with van der Waals surface area (Å²) < 4.78 is 5.46. The number of rotatable bonds is 4. The van der Waals surface area contributed by atoms with E-state index in [1.54, 1.807) is 7.11 Å². The standard InChI is InChI=1S/C12H22N2O/c1-12(2,8-13)9-14-10-6-4-5-7-11(10)15-3/h10-11,14H,4-7,9H2,1-3H3. The molecule has 2 unspecified atom stereocenters. The molecule has 1 aliphatic rings. The minimum atomic E-state index is -0.282. The van der Waals surface area contributed by atoms with Gasteiger partial charge in [0.1, 0.15) is 0 Å². The van der Waals surface area contributed by atoms with Crippen molar-refractivity contribution in [3.63, 3.8) is 0 Å². The summed E-state index contributed by atoms with van der Waals surface area (Å²) in [4.78, 5) is 0. The molecule has 1 aliphatic carbocycles. The van der Waals surface area contributed by atoms with Crippen molar-refractivity contribution in [3.8, 4) is 6.07 Å². The fraction of sp³-hybridized carbons (Fsp3) is 0.917. The fourth-order valence-electron chi connectivity index (χ4n) is 2.04. The molecule has 0 aromatic carbocycles. The van der Waals surface area contributed by atoms with Crippen LogP contribution in [-0.4, -0.2) is 25.8 Å². The van der Waals surface area contributed by atoms with Crippen LogP contribution >= 0.6 is 0 Å². The second kappa shape index (κ2) is 5.48. The van der Waals surface area contributed by atoms with Crippen LogP contribution in [0.5, 0.6) is 0 Å². The summed E-state index contributed by atoms with van der Waals surface area (Å²) in [6.45, 7) is 4.67. The van der Waals surface area contributed by atoms with Crippen molar-refractivity contribution in [2.24, 2.45) is 5.41 Å². The van der Waals surface area contributed by atoms with Crippen molar-refractivity contribution in [1.29, 1.82) is 5.26 Å². The molecule has 0 saturated heterocycles. The number of methoxy groups -OCH3 is 1. The first-order valence-corrected chi connectivity index (χ1v) is 5.76. The molecule has 3 nitrogen and oxygen atoms in total. The van der Waals surface area contributed by atoms with E-state index in [4.69, 9.17) is 10.00 Å². The van der Waals surface area contributed by atoms with E-state index >= 15 is 0 Å². The van der Waals surface area contributed by atoms with Crippen LogP contribution in [0.1, 0.15) is 39.5 Å². The van der Waals surface area contributed by atoms with Crippen LogP contribution in [0.25, 0.3) is 0 Å². The Kier molecular flexibility index (Phi) is 4.56. The van der Waals surface area contributed by atoms with E-state index in [9.17, 15) is 0 Å². The summed E-state index contributed by atoms with van der Waals surface area (Å²) in [5.74, 6) is 0. The highest BCUT2D eigenvalue weighted by molar-refractivity contribution is 4.95. The van der Waals surface area contributed by atoms with Gasteiger partial charge in [-0.3, -0.25) is 0 Å². The summed E-state index contributed by atoms with van der Waals surface area (Å²) >= 11 is 0. The fourth-order valence-corrected chi connectivity index (χ4v) is 2.04. The molecule has 2 atom stereocenters. The van der Waals surface area contributed by atoms with E-state index in [-0.39, 0.29) is 5.41 Å². The molecule has 0 spiro atoms. The monoisotopic (exact) mass is 210 g/mol. The average molecular weight is 210 g/mol. The molecular formula is C12H22N2O. The highest BCUT2D eigenvalue weighted by Gasteiger charge is 2.26. The minimum Gasteiger partial charge on any atom is -0.380 e. The highest BCUT2D eigenvalue weighted by atomic mass is 16.5. The van der Waals surface area contributed by atoms with Crippen molar-refractivity contribution in [1.82, 2.24) is 5.32 Å². The van der Waals surface area contributed by atoms with Crippen LogP contribution in [0, 0.1) is 16.7 Å². The smallest absolute Gasteiger partial charge is 0.0724 e. The van der Waals surface area contributed by atoms with Crippen molar-refractivity contribution in [2.45, 2.75) is 51.7 Å². The zero-order valence-corrected chi connectivity index (χ0v) is 10.0. The lowest BCUT2D eigenvalue weighted by Gasteiger charge is -2.32. The van der Waals surface area contributed by atoms with Crippen LogP contribution < -0.4 is 5.32 Å². The van der Waals surface area contributed by atoms with Crippen molar-refractivity contribution in [2.75, 3.05) is 13.7 Å². The molecule has 0 aromatic heterocycles. The van der Waals surface area contributed by atoms with Gasteiger partial charge in [0.2, 0.25) is 0 Å². The maximum absolute atomic E-state index is 8.93. The zero-order chi connectivity index (χ0) is 11.3. The average Bonchev–Trinajstić information content (AvgIpc) is 2.27. The highest BCUT2D eigenvalue weighted by Crippen LogP contribution is 2.22. The number of hydrogen-bond donors (Lipinski definition) is 1. The first kappa shape index (κ1) is 12.5. The van der Waals surface area contributed by atoms with E-state index in [1.807, 2.05) is 13.8 Å². The first-order valence-electron chi connectivity index (χ1n) is 5.76. The SMILES string of the molecule is COC1CCCCC1NCC(C)(C)C#N. The predicted octanol–water partition coefficient (Wildman–Crippen LogP) is 2.08. The Morgan fingerprint density at radius 3 is 2.67 bits per heavy atom. The lowest BCUT2D eigenvalue weighted by atomic mass is 9.90. The summed E-state index contributed by atoms with van der Waals surface area (Å²) in [7, 11) is 1.78. The second-order valence-electron chi connectivity index (χ2n) is 5.04.